The van der Waals surface area contributed by atoms with Crippen molar-refractivity contribution in [3.8, 4) is 0 Å². The summed E-state index contributed by atoms with van der Waals surface area (Å²) in [5, 5.41) is 12.8. The number of quaternary nitrogens is 1. The molecule has 0 heterocycles. The molecule has 0 aromatic carbocycles. The minimum absolute atomic E-state index is 0. The number of aliphatic hydroxyl groups excluding tert-OH is 1. The van der Waals surface area contributed by atoms with Crippen molar-refractivity contribution in [2.75, 3.05) is 27.2 Å². The number of carbonyl (C=O) groups excluding carboxylic acids is 1. The van der Waals surface area contributed by atoms with E-state index in [2.05, 4.69) is 33.3 Å². The van der Waals surface area contributed by atoms with Gasteiger partial charge in [0.25, 0.3) is 0 Å². The Hall–Kier alpha value is -0.320. The molecule has 0 aromatic heterocycles. The largest absolute Gasteiger partial charge is 1.00 e. The lowest BCUT2D eigenvalue weighted by Crippen LogP contribution is -3.00. The number of hydrogen-bond acceptors (Lipinski definition) is 2. The molecule has 0 aliphatic carbocycles. The van der Waals surface area contributed by atoms with E-state index in [9.17, 15) is 9.90 Å². The molecule has 0 saturated heterocycles. The van der Waals surface area contributed by atoms with Gasteiger partial charge in [-0.2, -0.15) is 0 Å². The van der Waals surface area contributed by atoms with Gasteiger partial charge in [-0.05, 0) is 12.8 Å². The molecule has 0 radical (unpaired) electrons. The molecule has 0 saturated carbocycles. The zero-order chi connectivity index (χ0) is 21.8. The van der Waals surface area contributed by atoms with Crippen molar-refractivity contribution in [2.45, 2.75) is 129 Å². The molecular weight excluding hydrogens is 396 g/mol. The van der Waals surface area contributed by atoms with Crippen molar-refractivity contribution in [1.29, 1.82) is 0 Å². The van der Waals surface area contributed by atoms with Gasteiger partial charge in [-0.15, -0.1) is 0 Å². The van der Waals surface area contributed by atoms with Gasteiger partial charge >= 0.3 is 0 Å². The van der Waals surface area contributed by atoms with Crippen LogP contribution in [0.4, 0.5) is 0 Å². The Balaban J connectivity index is 0. The normalized spacial score (nSPS) is 12.4. The molecule has 30 heavy (non-hydrogen) atoms. The van der Waals surface area contributed by atoms with E-state index in [-0.39, 0.29) is 18.3 Å². The third kappa shape index (κ3) is 22.4. The molecule has 4 nitrogen and oxygen atoms in total. The Morgan fingerprint density at radius 1 is 0.733 bits per heavy atom. The van der Waals surface area contributed by atoms with E-state index in [0.717, 1.165) is 30.3 Å². The first-order valence-corrected chi connectivity index (χ1v) is 12.7. The predicted octanol–water partition coefficient (Wildman–Crippen LogP) is 3.17. The predicted molar refractivity (Wildman–Crippen MR) is 126 cm³/mol. The van der Waals surface area contributed by atoms with E-state index in [1.807, 2.05) is 0 Å². The second kappa shape index (κ2) is 21.9. The van der Waals surface area contributed by atoms with Crippen LogP contribution in [0.2, 0.25) is 0 Å². The highest BCUT2D eigenvalue weighted by atomic mass is 35.5. The van der Waals surface area contributed by atoms with Crippen LogP contribution in [0.25, 0.3) is 0 Å². The van der Waals surface area contributed by atoms with Crippen LogP contribution in [0.15, 0.2) is 0 Å². The molecule has 1 amide bonds. The third-order valence-electron chi connectivity index (χ3n) is 5.83. The highest BCUT2D eigenvalue weighted by Crippen LogP contribution is 2.13. The Morgan fingerprint density at radius 2 is 1.13 bits per heavy atom. The average Bonchev–Trinajstić information content (AvgIpc) is 2.64. The number of halogens is 1. The minimum atomic E-state index is -0.736. The van der Waals surface area contributed by atoms with Crippen LogP contribution in [0.5, 0.6) is 0 Å². The second-order valence-corrected chi connectivity index (χ2v) is 9.62. The Kier molecular flexibility index (Phi) is 23.3. The van der Waals surface area contributed by atoms with Gasteiger partial charge in [-0.1, -0.05) is 104 Å². The summed E-state index contributed by atoms with van der Waals surface area (Å²) in [6.45, 7) is 5.99. The molecule has 0 fully saturated rings. The van der Waals surface area contributed by atoms with Crippen LogP contribution in [0.3, 0.4) is 0 Å². The SMILES string of the molecule is CCCCCCCCCCCCCCCCCC(=O)NC(O)C[N+](C)(C)CCC.[Cl-]. The smallest absolute Gasteiger partial charge is 0.222 e. The quantitative estimate of drug-likeness (QED) is 0.161. The first-order chi connectivity index (χ1) is 13.9. The molecule has 1 unspecified atom stereocenters. The Morgan fingerprint density at radius 3 is 1.53 bits per heavy atom. The summed E-state index contributed by atoms with van der Waals surface area (Å²) >= 11 is 0. The number of hydrogen-bond donors (Lipinski definition) is 2. The zero-order valence-electron chi connectivity index (χ0n) is 20.7. The number of likely N-dealkylation sites (N-methyl/N-ethyl adjacent to an activating group) is 1. The van der Waals surface area contributed by atoms with Gasteiger partial charge in [0, 0.05) is 6.42 Å². The lowest BCUT2D eigenvalue weighted by atomic mass is 10.0. The van der Waals surface area contributed by atoms with Gasteiger partial charge < -0.3 is 27.3 Å². The molecule has 0 spiro atoms. The average molecular weight is 449 g/mol. The van der Waals surface area contributed by atoms with Crippen molar-refractivity contribution >= 4 is 5.91 Å². The molecule has 1 atom stereocenters. The number of nitrogens with one attached hydrogen (secondary N) is 1. The summed E-state index contributed by atoms with van der Waals surface area (Å²) in [7, 11) is 4.18. The van der Waals surface area contributed by atoms with Crippen molar-refractivity contribution in [2.24, 2.45) is 0 Å². The fraction of sp³-hybridized carbons (Fsp3) is 0.960. The molecule has 5 heteroatoms. The van der Waals surface area contributed by atoms with Crippen molar-refractivity contribution in [3.05, 3.63) is 0 Å². The highest BCUT2D eigenvalue weighted by molar-refractivity contribution is 5.75. The van der Waals surface area contributed by atoms with Gasteiger partial charge in [0.15, 0.2) is 6.23 Å². The van der Waals surface area contributed by atoms with Crippen molar-refractivity contribution in [3.63, 3.8) is 0 Å². The van der Waals surface area contributed by atoms with E-state index >= 15 is 0 Å². The van der Waals surface area contributed by atoms with E-state index in [0.29, 0.717) is 13.0 Å². The molecule has 0 bridgehead atoms. The first kappa shape index (κ1) is 31.9. The molecule has 0 aliphatic rings. The summed E-state index contributed by atoms with van der Waals surface area (Å²) in [4.78, 5) is 12.0. The maximum absolute atomic E-state index is 12.0. The summed E-state index contributed by atoms with van der Waals surface area (Å²) in [5.41, 5.74) is 0. The first-order valence-electron chi connectivity index (χ1n) is 12.7. The highest BCUT2D eigenvalue weighted by Gasteiger charge is 2.20. The summed E-state index contributed by atoms with van der Waals surface area (Å²) in [6, 6.07) is 0. The van der Waals surface area contributed by atoms with E-state index in [1.165, 1.54) is 83.5 Å². The number of rotatable bonds is 21. The van der Waals surface area contributed by atoms with Crippen LogP contribution in [0.1, 0.15) is 123 Å². The number of carbonyl (C=O) groups is 1. The van der Waals surface area contributed by atoms with Gasteiger partial charge in [-0.3, -0.25) is 4.79 Å². The van der Waals surface area contributed by atoms with E-state index in [4.69, 9.17) is 0 Å². The standard InChI is InChI=1S/C25H52N2O2.ClH/c1-5-7-8-9-10-11-12-13-14-15-16-17-18-19-20-21-24(28)26-25(29)23-27(3,4)22-6-2;/h25,29H,5-23H2,1-4H3;1H. The van der Waals surface area contributed by atoms with Gasteiger partial charge in [0.1, 0.15) is 6.54 Å². The lowest BCUT2D eigenvalue weighted by molar-refractivity contribution is -0.893. The molecule has 0 rings (SSSR count). The zero-order valence-corrected chi connectivity index (χ0v) is 21.4. The third-order valence-corrected chi connectivity index (χ3v) is 5.83. The molecule has 2 N–H and O–H groups in total. The van der Waals surface area contributed by atoms with Gasteiger partial charge in [0.05, 0.1) is 20.6 Å². The van der Waals surface area contributed by atoms with E-state index < -0.39 is 6.23 Å². The van der Waals surface area contributed by atoms with Crippen molar-refractivity contribution < 1.29 is 26.8 Å². The summed E-state index contributed by atoms with van der Waals surface area (Å²) < 4.78 is 0.733. The van der Waals surface area contributed by atoms with Crippen LogP contribution >= 0.6 is 0 Å². The second-order valence-electron chi connectivity index (χ2n) is 9.62. The molecular formula is C25H53ClN2O2. The number of amides is 1. The minimum Gasteiger partial charge on any atom is -1.00 e. The van der Waals surface area contributed by atoms with Crippen LogP contribution in [-0.2, 0) is 4.79 Å². The monoisotopic (exact) mass is 448 g/mol. The topological polar surface area (TPSA) is 49.3 Å². The number of unbranched alkanes of at least 4 members (excludes halogenated alkanes) is 14. The molecule has 182 valence electrons. The Labute approximate surface area is 194 Å². The fourth-order valence-corrected chi connectivity index (χ4v) is 4.13. The van der Waals surface area contributed by atoms with Gasteiger partial charge in [-0.25, -0.2) is 0 Å². The van der Waals surface area contributed by atoms with Crippen LogP contribution in [-0.4, -0.2) is 48.9 Å². The fourth-order valence-electron chi connectivity index (χ4n) is 4.13. The molecule has 0 aromatic rings. The molecule has 0 aliphatic heterocycles. The van der Waals surface area contributed by atoms with Gasteiger partial charge in [0.2, 0.25) is 5.91 Å². The number of nitrogens with zero attached hydrogens (tertiary/aromatic N) is 1. The number of aliphatic hydroxyl groups is 1. The van der Waals surface area contributed by atoms with Crippen molar-refractivity contribution in [1.82, 2.24) is 5.32 Å². The lowest BCUT2D eigenvalue weighted by Gasteiger charge is -2.31. The van der Waals surface area contributed by atoms with Crippen LogP contribution in [0, 0.1) is 0 Å². The maximum Gasteiger partial charge on any atom is 0.222 e. The summed E-state index contributed by atoms with van der Waals surface area (Å²) in [5.74, 6) is -0.0105. The summed E-state index contributed by atoms with van der Waals surface area (Å²) in [6.07, 6.45) is 20.8. The maximum atomic E-state index is 12.0. The van der Waals surface area contributed by atoms with E-state index in [1.54, 1.807) is 0 Å². The Bertz CT molecular complexity index is 378. The van der Waals surface area contributed by atoms with Crippen LogP contribution < -0.4 is 17.7 Å².